The highest BCUT2D eigenvalue weighted by Gasteiger charge is 2.07. The normalized spacial score (nSPS) is 10.0. The summed E-state index contributed by atoms with van der Waals surface area (Å²) in [5, 5.41) is 8.70. The predicted molar refractivity (Wildman–Crippen MR) is 79.3 cm³/mol. The molecule has 0 heterocycles. The lowest BCUT2D eigenvalue weighted by atomic mass is 10.1. The Labute approximate surface area is 125 Å². The van der Waals surface area contributed by atoms with Crippen molar-refractivity contribution >= 4 is 21.7 Å². The van der Waals surface area contributed by atoms with E-state index >= 15 is 0 Å². The molecule has 0 unspecified atom stereocenters. The van der Waals surface area contributed by atoms with E-state index < -0.39 is 0 Å². The van der Waals surface area contributed by atoms with E-state index in [-0.39, 0.29) is 12.4 Å². The van der Waals surface area contributed by atoms with E-state index in [4.69, 9.17) is 10.00 Å². The van der Waals surface area contributed by atoms with Gasteiger partial charge in [-0.25, -0.2) is 0 Å². The number of halogens is 1. The summed E-state index contributed by atoms with van der Waals surface area (Å²) in [6, 6.07) is 16.3. The minimum absolute atomic E-state index is 0.0211. The summed E-state index contributed by atoms with van der Waals surface area (Å²) in [7, 11) is 0. The minimum Gasteiger partial charge on any atom is -0.369 e. The SMILES string of the molecule is N#Cc1ccc(C(=O)COCc2ccccc2Br)cc1. The summed E-state index contributed by atoms with van der Waals surface area (Å²) >= 11 is 3.43. The predicted octanol–water partition coefficient (Wildman–Crippen LogP) is 3.72. The molecule has 0 bridgehead atoms. The Morgan fingerprint density at radius 1 is 1.15 bits per heavy atom. The number of hydrogen-bond acceptors (Lipinski definition) is 3. The van der Waals surface area contributed by atoms with Gasteiger partial charge in [0, 0.05) is 10.0 Å². The average Bonchev–Trinajstić information content (AvgIpc) is 2.49. The minimum atomic E-state index is -0.0958. The Bertz CT molecular complexity index is 644. The van der Waals surface area contributed by atoms with Gasteiger partial charge in [0.15, 0.2) is 5.78 Å². The van der Waals surface area contributed by atoms with E-state index in [0.29, 0.717) is 17.7 Å². The Hall–Kier alpha value is -1.96. The molecule has 0 saturated heterocycles. The molecule has 0 fully saturated rings. The molecule has 2 aromatic carbocycles. The largest absolute Gasteiger partial charge is 0.369 e. The molecular weight excluding hydrogens is 318 g/mol. The van der Waals surface area contributed by atoms with Gasteiger partial charge < -0.3 is 4.74 Å². The first-order chi connectivity index (χ1) is 9.70. The maximum atomic E-state index is 11.9. The van der Waals surface area contributed by atoms with Crippen LogP contribution in [0.4, 0.5) is 0 Å². The average molecular weight is 330 g/mol. The first-order valence-corrected chi connectivity index (χ1v) is 6.84. The van der Waals surface area contributed by atoms with Crippen LogP contribution in [-0.4, -0.2) is 12.4 Å². The summed E-state index contributed by atoms with van der Waals surface area (Å²) < 4.78 is 6.39. The van der Waals surface area contributed by atoms with Crippen molar-refractivity contribution in [3.8, 4) is 6.07 Å². The van der Waals surface area contributed by atoms with Crippen molar-refractivity contribution < 1.29 is 9.53 Å². The number of Topliss-reactive ketones (excluding diaryl/α,β-unsaturated/α-hetero) is 1. The van der Waals surface area contributed by atoms with E-state index in [0.717, 1.165) is 10.0 Å². The van der Waals surface area contributed by atoms with Crippen molar-refractivity contribution in [1.82, 2.24) is 0 Å². The molecular formula is C16H12BrNO2. The van der Waals surface area contributed by atoms with Gasteiger partial charge in [0.2, 0.25) is 0 Å². The highest BCUT2D eigenvalue weighted by molar-refractivity contribution is 9.10. The molecule has 4 heteroatoms. The monoisotopic (exact) mass is 329 g/mol. The van der Waals surface area contributed by atoms with Gasteiger partial charge in [0.25, 0.3) is 0 Å². The number of nitriles is 1. The maximum Gasteiger partial charge on any atom is 0.188 e. The third kappa shape index (κ3) is 3.77. The number of ether oxygens (including phenoxy) is 1. The van der Waals surface area contributed by atoms with Crippen LogP contribution in [0.5, 0.6) is 0 Å². The van der Waals surface area contributed by atoms with Crippen LogP contribution in [0, 0.1) is 11.3 Å². The molecule has 0 N–H and O–H groups in total. The van der Waals surface area contributed by atoms with Crippen molar-refractivity contribution in [1.29, 1.82) is 5.26 Å². The van der Waals surface area contributed by atoms with Crippen molar-refractivity contribution in [3.63, 3.8) is 0 Å². The number of hydrogen-bond donors (Lipinski definition) is 0. The lowest BCUT2D eigenvalue weighted by molar-refractivity contribution is 0.0725. The molecule has 0 aromatic heterocycles. The zero-order chi connectivity index (χ0) is 14.4. The van der Waals surface area contributed by atoms with Crippen LogP contribution in [0.25, 0.3) is 0 Å². The number of carbonyl (C=O) groups excluding carboxylic acids is 1. The van der Waals surface area contributed by atoms with Crippen molar-refractivity contribution in [2.75, 3.05) is 6.61 Å². The van der Waals surface area contributed by atoms with Crippen LogP contribution < -0.4 is 0 Å². The molecule has 0 aliphatic heterocycles. The number of carbonyl (C=O) groups is 1. The van der Waals surface area contributed by atoms with Gasteiger partial charge in [-0.2, -0.15) is 5.26 Å². The van der Waals surface area contributed by atoms with E-state index in [1.54, 1.807) is 24.3 Å². The highest BCUT2D eigenvalue weighted by atomic mass is 79.9. The van der Waals surface area contributed by atoms with Crippen molar-refractivity contribution in [3.05, 3.63) is 69.7 Å². The van der Waals surface area contributed by atoms with E-state index in [1.165, 1.54) is 0 Å². The summed E-state index contributed by atoms with van der Waals surface area (Å²) in [5.41, 5.74) is 2.09. The molecule has 0 aliphatic rings. The third-order valence-corrected chi connectivity index (χ3v) is 3.56. The number of benzene rings is 2. The zero-order valence-corrected chi connectivity index (χ0v) is 12.3. The van der Waals surface area contributed by atoms with Crippen LogP contribution >= 0.6 is 15.9 Å². The number of rotatable bonds is 5. The molecule has 20 heavy (non-hydrogen) atoms. The Kier molecular flexibility index (Phi) is 5.05. The Balaban J connectivity index is 1.89. The molecule has 0 amide bonds. The second-order valence-electron chi connectivity index (χ2n) is 4.20. The molecule has 2 rings (SSSR count). The molecule has 0 saturated carbocycles. The molecule has 3 nitrogen and oxygen atoms in total. The van der Waals surface area contributed by atoms with Gasteiger partial charge in [-0.15, -0.1) is 0 Å². The molecule has 0 atom stereocenters. The van der Waals surface area contributed by atoms with E-state index in [9.17, 15) is 4.79 Å². The van der Waals surface area contributed by atoms with Crippen molar-refractivity contribution in [2.24, 2.45) is 0 Å². The fourth-order valence-electron chi connectivity index (χ4n) is 1.68. The summed E-state index contributed by atoms with van der Waals surface area (Å²) in [6.45, 7) is 0.399. The number of nitrogens with zero attached hydrogens (tertiary/aromatic N) is 1. The number of ketones is 1. The molecule has 0 radical (unpaired) electrons. The smallest absolute Gasteiger partial charge is 0.188 e. The fourth-order valence-corrected chi connectivity index (χ4v) is 2.08. The van der Waals surface area contributed by atoms with Gasteiger partial charge >= 0.3 is 0 Å². The van der Waals surface area contributed by atoms with Crippen LogP contribution in [0.2, 0.25) is 0 Å². The second-order valence-corrected chi connectivity index (χ2v) is 5.05. The lowest BCUT2D eigenvalue weighted by Gasteiger charge is -2.06. The van der Waals surface area contributed by atoms with Crippen LogP contribution in [-0.2, 0) is 11.3 Å². The van der Waals surface area contributed by atoms with Gasteiger partial charge in [-0.05, 0) is 23.8 Å². The van der Waals surface area contributed by atoms with Crippen LogP contribution in [0.1, 0.15) is 21.5 Å². The van der Waals surface area contributed by atoms with Gasteiger partial charge in [0.05, 0.1) is 18.2 Å². The Morgan fingerprint density at radius 2 is 1.85 bits per heavy atom. The van der Waals surface area contributed by atoms with Crippen LogP contribution in [0.15, 0.2) is 53.0 Å². The first-order valence-electron chi connectivity index (χ1n) is 6.05. The molecule has 0 aliphatic carbocycles. The Morgan fingerprint density at radius 3 is 2.50 bits per heavy atom. The summed E-state index contributed by atoms with van der Waals surface area (Å²) in [5.74, 6) is -0.0958. The first kappa shape index (κ1) is 14.4. The summed E-state index contributed by atoms with van der Waals surface area (Å²) in [6.07, 6.45) is 0. The van der Waals surface area contributed by atoms with Gasteiger partial charge in [-0.1, -0.05) is 46.3 Å². The topological polar surface area (TPSA) is 50.1 Å². The van der Waals surface area contributed by atoms with E-state index in [1.807, 2.05) is 30.3 Å². The third-order valence-electron chi connectivity index (χ3n) is 2.78. The molecule has 0 spiro atoms. The molecule has 2 aromatic rings. The van der Waals surface area contributed by atoms with E-state index in [2.05, 4.69) is 15.9 Å². The second kappa shape index (κ2) is 6.99. The lowest BCUT2D eigenvalue weighted by Crippen LogP contribution is -2.09. The summed E-state index contributed by atoms with van der Waals surface area (Å²) in [4.78, 5) is 11.9. The zero-order valence-electron chi connectivity index (χ0n) is 10.7. The van der Waals surface area contributed by atoms with Crippen LogP contribution in [0.3, 0.4) is 0 Å². The van der Waals surface area contributed by atoms with Gasteiger partial charge in [0.1, 0.15) is 6.61 Å². The van der Waals surface area contributed by atoms with Gasteiger partial charge in [-0.3, -0.25) is 4.79 Å². The standard InChI is InChI=1S/C16H12BrNO2/c17-15-4-2-1-3-14(15)10-20-11-16(19)13-7-5-12(9-18)6-8-13/h1-8H,10-11H2. The highest BCUT2D eigenvalue weighted by Crippen LogP contribution is 2.16. The fraction of sp³-hybridized carbons (Fsp3) is 0.125. The quantitative estimate of drug-likeness (QED) is 0.785. The van der Waals surface area contributed by atoms with Crippen molar-refractivity contribution in [2.45, 2.75) is 6.61 Å². The maximum absolute atomic E-state index is 11.9. The molecule has 100 valence electrons.